The molecule has 0 bridgehead atoms. The van der Waals surface area contributed by atoms with Crippen molar-refractivity contribution >= 4 is 41.7 Å². The van der Waals surface area contributed by atoms with Crippen LogP contribution in [-0.2, 0) is 13.0 Å². The van der Waals surface area contributed by atoms with E-state index in [-0.39, 0.29) is 24.0 Å². The van der Waals surface area contributed by atoms with Crippen LogP contribution >= 0.6 is 35.7 Å². The Balaban J connectivity index is 0.00000280. The van der Waals surface area contributed by atoms with Gasteiger partial charge in [-0.15, -0.1) is 24.0 Å². The van der Waals surface area contributed by atoms with Crippen LogP contribution in [-0.4, -0.2) is 24.5 Å². The van der Waals surface area contributed by atoms with Crippen molar-refractivity contribution in [2.45, 2.75) is 22.8 Å². The summed E-state index contributed by atoms with van der Waals surface area (Å²) in [4.78, 5) is 11.1. The Hall–Kier alpha value is -2.06. The molecule has 0 aliphatic rings. The highest BCUT2D eigenvalue weighted by Crippen LogP contribution is 2.27. The molecule has 6 heteroatoms. The number of rotatable bonds is 7. The fourth-order valence-electron chi connectivity index (χ4n) is 2.56. The van der Waals surface area contributed by atoms with Gasteiger partial charge < -0.3 is 10.6 Å². The zero-order valence-electron chi connectivity index (χ0n) is 15.8. The number of nitrogens with zero attached hydrogens (tertiary/aromatic N) is 2. The van der Waals surface area contributed by atoms with Gasteiger partial charge in [0.1, 0.15) is 0 Å². The van der Waals surface area contributed by atoms with Crippen LogP contribution in [0.1, 0.15) is 11.3 Å². The molecule has 0 spiro atoms. The van der Waals surface area contributed by atoms with Crippen molar-refractivity contribution in [1.82, 2.24) is 15.6 Å². The third-order valence-electron chi connectivity index (χ3n) is 3.99. The van der Waals surface area contributed by atoms with Crippen LogP contribution in [0.2, 0.25) is 0 Å². The second-order valence-corrected chi connectivity index (χ2v) is 7.13. The predicted molar refractivity (Wildman–Crippen MR) is 129 cm³/mol. The number of halogens is 1. The van der Waals surface area contributed by atoms with E-state index in [0.29, 0.717) is 0 Å². The maximum Gasteiger partial charge on any atom is 0.191 e. The summed E-state index contributed by atoms with van der Waals surface area (Å²) in [6, 6.07) is 25.0. The van der Waals surface area contributed by atoms with E-state index in [4.69, 9.17) is 0 Å². The lowest BCUT2D eigenvalue weighted by molar-refractivity contribution is 0.784. The van der Waals surface area contributed by atoms with Crippen LogP contribution in [0.4, 0.5) is 0 Å². The lowest BCUT2D eigenvalue weighted by Gasteiger charge is -2.12. The van der Waals surface area contributed by atoms with Gasteiger partial charge in [0.2, 0.25) is 0 Å². The van der Waals surface area contributed by atoms with Gasteiger partial charge in [-0.3, -0.25) is 9.98 Å². The minimum absolute atomic E-state index is 0. The first-order valence-corrected chi connectivity index (χ1v) is 9.81. The number of hydrogen-bond donors (Lipinski definition) is 2. The summed E-state index contributed by atoms with van der Waals surface area (Å²) in [7, 11) is 1.79. The molecule has 1 aromatic heterocycles. The molecule has 0 amide bonds. The first kappa shape index (κ1) is 22.2. The van der Waals surface area contributed by atoms with E-state index in [9.17, 15) is 0 Å². The quantitative estimate of drug-likeness (QED) is 0.277. The Morgan fingerprint density at radius 1 is 0.893 bits per heavy atom. The standard InChI is InChI=1S/C22H24N4S.HI/c1-23-22(25-16-14-19-7-5-6-15-24-19)26-17-18-10-12-21(13-11-18)27-20-8-3-2-4-9-20;/h2-13,15H,14,16-17H2,1H3,(H2,23,25,26);1H. The van der Waals surface area contributed by atoms with Crippen LogP contribution in [0.25, 0.3) is 0 Å². The Morgan fingerprint density at radius 3 is 2.29 bits per heavy atom. The second kappa shape index (κ2) is 12.4. The second-order valence-electron chi connectivity index (χ2n) is 5.98. The number of guanidine groups is 1. The Bertz CT molecular complexity index is 839. The normalized spacial score (nSPS) is 10.8. The summed E-state index contributed by atoms with van der Waals surface area (Å²) in [6.45, 7) is 1.53. The fourth-order valence-corrected chi connectivity index (χ4v) is 3.40. The largest absolute Gasteiger partial charge is 0.356 e. The van der Waals surface area contributed by atoms with Gasteiger partial charge >= 0.3 is 0 Å². The number of nitrogens with one attached hydrogen (secondary N) is 2. The summed E-state index contributed by atoms with van der Waals surface area (Å²) in [5.74, 6) is 0.800. The third-order valence-corrected chi connectivity index (χ3v) is 5.00. The van der Waals surface area contributed by atoms with E-state index in [1.165, 1.54) is 15.4 Å². The minimum atomic E-state index is 0. The molecule has 3 aromatic rings. The molecule has 3 rings (SSSR count). The van der Waals surface area contributed by atoms with Gasteiger partial charge in [0, 0.05) is 48.2 Å². The number of benzene rings is 2. The highest BCUT2D eigenvalue weighted by atomic mass is 127. The molecular formula is C22H25IN4S. The molecule has 146 valence electrons. The molecule has 0 fully saturated rings. The van der Waals surface area contributed by atoms with Crippen LogP contribution in [0.3, 0.4) is 0 Å². The molecular weight excluding hydrogens is 479 g/mol. The molecule has 1 heterocycles. The predicted octanol–water partition coefficient (Wildman–Crippen LogP) is 4.76. The third kappa shape index (κ3) is 7.52. The van der Waals surface area contributed by atoms with E-state index in [2.05, 4.69) is 69.1 Å². The van der Waals surface area contributed by atoms with Crippen LogP contribution in [0.5, 0.6) is 0 Å². The molecule has 0 saturated heterocycles. The van der Waals surface area contributed by atoms with E-state index >= 15 is 0 Å². The van der Waals surface area contributed by atoms with E-state index in [1.54, 1.807) is 18.8 Å². The topological polar surface area (TPSA) is 49.3 Å². The Kier molecular flexibility index (Phi) is 9.85. The zero-order chi connectivity index (χ0) is 18.7. The van der Waals surface area contributed by atoms with Crippen molar-refractivity contribution in [3.8, 4) is 0 Å². The van der Waals surface area contributed by atoms with Crippen LogP contribution < -0.4 is 10.6 Å². The lowest BCUT2D eigenvalue weighted by atomic mass is 10.2. The summed E-state index contributed by atoms with van der Waals surface area (Å²) >= 11 is 1.77. The van der Waals surface area contributed by atoms with E-state index < -0.39 is 0 Å². The maximum atomic E-state index is 4.33. The van der Waals surface area contributed by atoms with Gasteiger partial charge in [-0.25, -0.2) is 0 Å². The Morgan fingerprint density at radius 2 is 1.61 bits per heavy atom. The van der Waals surface area contributed by atoms with Crippen molar-refractivity contribution in [2.24, 2.45) is 4.99 Å². The fraction of sp³-hybridized carbons (Fsp3) is 0.182. The minimum Gasteiger partial charge on any atom is -0.356 e. The highest BCUT2D eigenvalue weighted by molar-refractivity contribution is 14.0. The van der Waals surface area contributed by atoms with Crippen molar-refractivity contribution < 1.29 is 0 Å². The molecule has 0 saturated carbocycles. The smallest absolute Gasteiger partial charge is 0.191 e. The first-order valence-electron chi connectivity index (χ1n) is 9.00. The molecule has 0 unspecified atom stereocenters. The number of pyridine rings is 1. The molecule has 0 radical (unpaired) electrons. The molecule has 2 N–H and O–H groups in total. The van der Waals surface area contributed by atoms with Gasteiger partial charge in [0.25, 0.3) is 0 Å². The van der Waals surface area contributed by atoms with Crippen LogP contribution in [0, 0.1) is 0 Å². The van der Waals surface area contributed by atoms with Crippen molar-refractivity contribution in [3.63, 3.8) is 0 Å². The van der Waals surface area contributed by atoms with Gasteiger partial charge in [-0.2, -0.15) is 0 Å². The summed E-state index contributed by atoms with van der Waals surface area (Å²) < 4.78 is 0. The van der Waals surface area contributed by atoms with Gasteiger partial charge in [-0.1, -0.05) is 48.2 Å². The average molecular weight is 504 g/mol. The van der Waals surface area contributed by atoms with Crippen molar-refractivity contribution in [1.29, 1.82) is 0 Å². The number of aliphatic imine (C=N–C) groups is 1. The summed E-state index contributed by atoms with van der Waals surface area (Å²) in [5.41, 5.74) is 2.30. The average Bonchev–Trinajstić information content (AvgIpc) is 2.73. The van der Waals surface area contributed by atoms with Crippen molar-refractivity contribution in [2.75, 3.05) is 13.6 Å². The van der Waals surface area contributed by atoms with E-state index in [1.807, 2.05) is 30.5 Å². The lowest BCUT2D eigenvalue weighted by Crippen LogP contribution is -2.37. The molecule has 0 atom stereocenters. The molecule has 4 nitrogen and oxygen atoms in total. The van der Waals surface area contributed by atoms with Gasteiger partial charge in [0.15, 0.2) is 5.96 Å². The monoisotopic (exact) mass is 504 g/mol. The van der Waals surface area contributed by atoms with Crippen molar-refractivity contribution in [3.05, 3.63) is 90.3 Å². The Labute approximate surface area is 188 Å². The first-order chi connectivity index (χ1) is 13.3. The van der Waals surface area contributed by atoms with Gasteiger partial charge in [-0.05, 0) is 42.0 Å². The summed E-state index contributed by atoms with van der Waals surface area (Å²) in [5, 5.41) is 6.68. The van der Waals surface area contributed by atoms with Crippen LogP contribution in [0.15, 0.2) is 93.8 Å². The zero-order valence-corrected chi connectivity index (χ0v) is 19.0. The molecule has 2 aromatic carbocycles. The maximum absolute atomic E-state index is 4.33. The van der Waals surface area contributed by atoms with E-state index in [0.717, 1.165) is 31.2 Å². The number of hydrogen-bond acceptors (Lipinski definition) is 3. The SMILES string of the molecule is CN=C(NCCc1ccccn1)NCc1ccc(Sc2ccccc2)cc1.I. The number of aromatic nitrogens is 1. The molecule has 0 aliphatic heterocycles. The highest BCUT2D eigenvalue weighted by Gasteiger charge is 2.01. The summed E-state index contributed by atoms with van der Waals surface area (Å²) in [6.07, 6.45) is 2.69. The molecule has 0 aliphatic carbocycles. The van der Waals surface area contributed by atoms with Gasteiger partial charge in [0.05, 0.1) is 0 Å². The molecule has 28 heavy (non-hydrogen) atoms.